The van der Waals surface area contributed by atoms with Gasteiger partial charge in [-0.15, -0.1) is 0 Å². The number of halogens is 1. The summed E-state index contributed by atoms with van der Waals surface area (Å²) < 4.78 is 10.6. The van der Waals surface area contributed by atoms with E-state index in [0.29, 0.717) is 18.0 Å². The van der Waals surface area contributed by atoms with Crippen LogP contribution in [0.1, 0.15) is 26.0 Å². The summed E-state index contributed by atoms with van der Waals surface area (Å²) in [5.41, 5.74) is 0.915. The lowest BCUT2D eigenvalue weighted by Crippen LogP contribution is -2.39. The molecule has 1 heterocycles. The van der Waals surface area contributed by atoms with Gasteiger partial charge in [-0.05, 0) is 20.3 Å². The lowest BCUT2D eigenvalue weighted by Gasteiger charge is -2.25. The van der Waals surface area contributed by atoms with Crippen molar-refractivity contribution in [3.8, 4) is 11.5 Å². The highest BCUT2D eigenvalue weighted by atomic mass is 79.9. The molecule has 0 saturated heterocycles. The van der Waals surface area contributed by atoms with E-state index < -0.39 is 0 Å². The highest BCUT2D eigenvalue weighted by molar-refractivity contribution is 9.09. The SMILES string of the molecule is COc1ccnc(CNC(C)(C)CCBr)c1OC. The minimum atomic E-state index is 0.0548. The molecule has 0 radical (unpaired) electrons. The predicted octanol–water partition coefficient (Wildman–Crippen LogP) is 2.75. The van der Waals surface area contributed by atoms with Gasteiger partial charge in [0.05, 0.1) is 19.9 Å². The molecule has 1 N–H and O–H groups in total. The van der Waals surface area contributed by atoms with Crippen molar-refractivity contribution < 1.29 is 9.47 Å². The highest BCUT2D eigenvalue weighted by Crippen LogP contribution is 2.29. The van der Waals surface area contributed by atoms with E-state index in [1.807, 2.05) is 0 Å². The molecule has 1 aromatic heterocycles. The normalized spacial score (nSPS) is 11.4. The molecule has 1 rings (SSSR count). The summed E-state index contributed by atoms with van der Waals surface area (Å²) in [6, 6.07) is 1.80. The Kier molecular flexibility index (Phi) is 5.88. The van der Waals surface area contributed by atoms with Crippen molar-refractivity contribution in [2.24, 2.45) is 0 Å². The molecule has 0 aliphatic rings. The molecule has 4 nitrogen and oxygen atoms in total. The fourth-order valence-corrected chi connectivity index (χ4v) is 2.62. The smallest absolute Gasteiger partial charge is 0.183 e. The molecule has 0 fully saturated rings. The molecule has 0 aromatic carbocycles. The molecule has 102 valence electrons. The van der Waals surface area contributed by atoms with Gasteiger partial charge in [0.25, 0.3) is 0 Å². The number of hydrogen-bond donors (Lipinski definition) is 1. The van der Waals surface area contributed by atoms with Crippen LogP contribution in [0.25, 0.3) is 0 Å². The van der Waals surface area contributed by atoms with Crippen molar-refractivity contribution in [3.63, 3.8) is 0 Å². The molecular weight excluding hydrogens is 296 g/mol. The molecule has 0 saturated carbocycles. The summed E-state index contributed by atoms with van der Waals surface area (Å²) >= 11 is 3.46. The molecule has 5 heteroatoms. The second kappa shape index (κ2) is 6.95. The predicted molar refractivity (Wildman–Crippen MR) is 76.7 cm³/mol. The minimum Gasteiger partial charge on any atom is -0.493 e. The van der Waals surface area contributed by atoms with Crippen LogP contribution >= 0.6 is 15.9 Å². The molecule has 18 heavy (non-hydrogen) atoms. The summed E-state index contributed by atoms with van der Waals surface area (Å²) in [6.07, 6.45) is 2.77. The summed E-state index contributed by atoms with van der Waals surface area (Å²) in [4.78, 5) is 4.34. The second-order valence-electron chi connectivity index (χ2n) is 4.67. The third-order valence-electron chi connectivity index (χ3n) is 2.82. The lowest BCUT2D eigenvalue weighted by atomic mass is 10.0. The van der Waals surface area contributed by atoms with E-state index in [1.54, 1.807) is 26.5 Å². The Morgan fingerprint density at radius 3 is 2.61 bits per heavy atom. The maximum Gasteiger partial charge on any atom is 0.183 e. The Morgan fingerprint density at radius 1 is 1.33 bits per heavy atom. The van der Waals surface area contributed by atoms with Crippen LogP contribution in [0.15, 0.2) is 12.3 Å². The topological polar surface area (TPSA) is 43.4 Å². The third-order valence-corrected chi connectivity index (χ3v) is 3.22. The molecule has 1 aromatic rings. The van der Waals surface area contributed by atoms with Gasteiger partial charge in [0.1, 0.15) is 0 Å². The van der Waals surface area contributed by atoms with Crippen LogP contribution in [0, 0.1) is 0 Å². The van der Waals surface area contributed by atoms with Crippen molar-refractivity contribution in [2.75, 3.05) is 19.5 Å². The number of aromatic nitrogens is 1. The van der Waals surface area contributed by atoms with E-state index in [9.17, 15) is 0 Å². The number of ether oxygens (including phenoxy) is 2. The average Bonchev–Trinajstić information content (AvgIpc) is 2.35. The minimum absolute atomic E-state index is 0.0548. The number of hydrogen-bond acceptors (Lipinski definition) is 4. The highest BCUT2D eigenvalue weighted by Gasteiger charge is 2.18. The van der Waals surface area contributed by atoms with Crippen molar-refractivity contribution in [1.82, 2.24) is 10.3 Å². The number of nitrogens with zero attached hydrogens (tertiary/aromatic N) is 1. The van der Waals surface area contributed by atoms with Crippen LogP contribution in [-0.4, -0.2) is 30.1 Å². The standard InChI is InChI=1S/C13H21BrN2O2/c1-13(2,6-7-14)16-9-10-12(18-4)11(17-3)5-8-15-10/h5,8,16H,6-7,9H2,1-4H3. The Balaban J connectivity index is 2.78. The zero-order valence-corrected chi connectivity index (χ0v) is 13.0. The third kappa shape index (κ3) is 4.14. The number of methoxy groups -OCH3 is 2. The lowest BCUT2D eigenvalue weighted by molar-refractivity contribution is 0.338. The molecule has 0 amide bonds. The number of rotatable bonds is 7. The zero-order chi connectivity index (χ0) is 13.6. The maximum absolute atomic E-state index is 5.36. The fraction of sp³-hybridized carbons (Fsp3) is 0.615. The zero-order valence-electron chi connectivity index (χ0n) is 11.4. The van der Waals surface area contributed by atoms with Crippen LogP contribution < -0.4 is 14.8 Å². The van der Waals surface area contributed by atoms with Crippen LogP contribution in [0.3, 0.4) is 0 Å². The van der Waals surface area contributed by atoms with Gasteiger partial charge in [0.15, 0.2) is 11.5 Å². The summed E-state index contributed by atoms with van der Waals surface area (Å²) in [5.74, 6) is 1.41. The van der Waals surface area contributed by atoms with Crippen LogP contribution in [0.2, 0.25) is 0 Å². The van der Waals surface area contributed by atoms with Crippen molar-refractivity contribution in [1.29, 1.82) is 0 Å². The maximum atomic E-state index is 5.36. The molecule has 0 bridgehead atoms. The molecular formula is C13H21BrN2O2. The summed E-state index contributed by atoms with van der Waals surface area (Å²) in [7, 11) is 3.26. The Labute approximate surface area is 117 Å². The van der Waals surface area contributed by atoms with E-state index in [2.05, 4.69) is 40.1 Å². The van der Waals surface area contributed by atoms with Crippen molar-refractivity contribution >= 4 is 15.9 Å². The second-order valence-corrected chi connectivity index (χ2v) is 5.46. The number of nitrogens with one attached hydrogen (secondary N) is 1. The van der Waals surface area contributed by atoms with Gasteiger partial charge in [-0.2, -0.15) is 0 Å². The first kappa shape index (κ1) is 15.2. The summed E-state index contributed by atoms with van der Waals surface area (Å²) in [5, 5.41) is 4.44. The van der Waals surface area contributed by atoms with Gasteiger partial charge in [-0.3, -0.25) is 4.98 Å². The fourth-order valence-electron chi connectivity index (χ4n) is 1.62. The number of pyridine rings is 1. The Bertz CT molecular complexity index is 383. The molecule has 0 atom stereocenters. The Morgan fingerprint density at radius 2 is 2.06 bits per heavy atom. The van der Waals surface area contributed by atoms with Gasteiger partial charge in [-0.1, -0.05) is 15.9 Å². The van der Waals surface area contributed by atoms with E-state index >= 15 is 0 Å². The first-order chi connectivity index (χ1) is 8.54. The average molecular weight is 317 g/mol. The Hall–Kier alpha value is -0.810. The monoisotopic (exact) mass is 316 g/mol. The number of alkyl halides is 1. The van der Waals surface area contributed by atoms with Gasteiger partial charge < -0.3 is 14.8 Å². The quantitative estimate of drug-likeness (QED) is 0.785. The van der Waals surface area contributed by atoms with Crippen LogP contribution in [0.4, 0.5) is 0 Å². The van der Waals surface area contributed by atoms with Gasteiger partial charge in [0, 0.05) is 29.7 Å². The van der Waals surface area contributed by atoms with Crippen molar-refractivity contribution in [3.05, 3.63) is 18.0 Å². The van der Waals surface area contributed by atoms with Gasteiger partial charge in [0.2, 0.25) is 0 Å². The van der Waals surface area contributed by atoms with E-state index in [0.717, 1.165) is 17.4 Å². The first-order valence-corrected chi connectivity index (χ1v) is 7.03. The summed E-state index contributed by atoms with van der Waals surface area (Å²) in [6.45, 7) is 4.99. The van der Waals surface area contributed by atoms with Crippen LogP contribution in [-0.2, 0) is 6.54 Å². The largest absolute Gasteiger partial charge is 0.493 e. The van der Waals surface area contributed by atoms with E-state index in [4.69, 9.17) is 9.47 Å². The molecule has 0 aliphatic carbocycles. The first-order valence-electron chi connectivity index (χ1n) is 5.91. The molecule has 0 aliphatic heterocycles. The van der Waals surface area contributed by atoms with E-state index in [-0.39, 0.29) is 5.54 Å². The van der Waals surface area contributed by atoms with Crippen LogP contribution in [0.5, 0.6) is 11.5 Å². The molecule has 0 unspecified atom stereocenters. The van der Waals surface area contributed by atoms with Gasteiger partial charge in [-0.25, -0.2) is 0 Å². The van der Waals surface area contributed by atoms with Gasteiger partial charge >= 0.3 is 0 Å². The van der Waals surface area contributed by atoms with E-state index in [1.165, 1.54) is 0 Å². The van der Waals surface area contributed by atoms with Crippen molar-refractivity contribution in [2.45, 2.75) is 32.4 Å². The molecule has 0 spiro atoms.